The maximum Gasteiger partial charge on any atom is 0.339 e. The highest BCUT2D eigenvalue weighted by Crippen LogP contribution is 2.80. The number of likely N-dealkylation sites (N-methyl/N-ethyl adjacent to an activating group) is 1. The Morgan fingerprint density at radius 2 is 1.84 bits per heavy atom. The Labute approximate surface area is 286 Å². The van der Waals surface area contributed by atoms with Gasteiger partial charge >= 0.3 is 5.97 Å². The molecular weight excluding hydrogens is 653 g/mol. The summed E-state index contributed by atoms with van der Waals surface area (Å²) in [5.41, 5.74) is -4.41. The average Bonchev–Trinajstić information content (AvgIpc) is 3.51. The third kappa shape index (κ3) is 4.19. The highest BCUT2D eigenvalue weighted by molar-refractivity contribution is 7.90. The first-order chi connectivity index (χ1) is 23.4. The maximum atomic E-state index is 14.4. The summed E-state index contributed by atoms with van der Waals surface area (Å²) in [6.45, 7) is 3.00. The van der Waals surface area contributed by atoms with E-state index in [1.807, 2.05) is 0 Å². The number of halogens is 1. The molecule has 1 spiro atoms. The lowest BCUT2D eigenvalue weighted by molar-refractivity contribution is -0.333. The molecule has 2 aromatic rings. The molecule has 8 rings (SSSR count). The zero-order valence-corrected chi connectivity index (χ0v) is 28.9. The standard InChI is InChI=1S/C37H46FNO9S/c1-4-39-20-34(48-33(41)25-11-6-5-8-21(25)19-49(44,45)24-10-7-9-23(38)14-24)13-12-22(18-40)36-29(34)16-27(31(36)39)35(42)17-28(46-2)26-15-30(36)37(35,43)32(26)47-3/h5-11,14,22,26-32,40,42-43H,4,12-13,15-20H2,1-3H3/t22-,26-,27+,28+,29?,30?,31?,32+,34-,35+,36+,37+/m1/s1. The van der Waals surface area contributed by atoms with Crippen LogP contribution in [0.1, 0.15) is 54.9 Å². The molecule has 0 radical (unpaired) electrons. The number of carbonyl (C=O) groups is 1. The Balaban J connectivity index is 1.21. The minimum Gasteiger partial charge on any atom is -0.454 e. The van der Waals surface area contributed by atoms with Crippen molar-refractivity contribution in [1.82, 2.24) is 4.90 Å². The molecule has 3 N–H and O–H groups in total. The minimum atomic E-state index is -3.99. The molecule has 7 bridgehead atoms. The van der Waals surface area contributed by atoms with Crippen molar-refractivity contribution < 1.29 is 47.1 Å². The Morgan fingerprint density at radius 3 is 2.53 bits per heavy atom. The van der Waals surface area contributed by atoms with E-state index in [0.29, 0.717) is 38.8 Å². The molecule has 10 nitrogen and oxygen atoms in total. The van der Waals surface area contributed by atoms with Gasteiger partial charge in [0.2, 0.25) is 0 Å². The fourth-order valence-electron chi connectivity index (χ4n) is 12.6. The molecule has 12 atom stereocenters. The van der Waals surface area contributed by atoms with Crippen molar-refractivity contribution in [2.75, 3.05) is 33.9 Å². The van der Waals surface area contributed by atoms with Crippen LogP contribution in [0, 0.1) is 40.8 Å². The minimum absolute atomic E-state index is 0.0941. The first kappa shape index (κ1) is 33.7. The molecule has 1 saturated heterocycles. The number of carbonyl (C=O) groups excluding carboxylic acids is 1. The van der Waals surface area contributed by atoms with Crippen LogP contribution in [0.2, 0.25) is 0 Å². The number of hydrogen-bond acceptors (Lipinski definition) is 10. The van der Waals surface area contributed by atoms with Crippen LogP contribution in [0.4, 0.5) is 4.39 Å². The zero-order valence-electron chi connectivity index (χ0n) is 28.1. The molecule has 6 fully saturated rings. The second-order valence-corrected chi connectivity index (χ2v) is 17.5. The lowest BCUT2D eigenvalue weighted by atomic mass is 9.42. The van der Waals surface area contributed by atoms with Crippen molar-refractivity contribution in [2.45, 2.75) is 84.7 Å². The molecule has 1 aliphatic heterocycles. The molecule has 0 amide bonds. The van der Waals surface area contributed by atoms with Crippen LogP contribution >= 0.6 is 0 Å². The summed E-state index contributed by atoms with van der Waals surface area (Å²) >= 11 is 0. The van der Waals surface area contributed by atoms with Gasteiger partial charge in [-0.1, -0.05) is 31.2 Å². The first-order valence-corrected chi connectivity index (χ1v) is 19.2. The highest BCUT2D eigenvalue weighted by atomic mass is 32.2. The van der Waals surface area contributed by atoms with Crippen molar-refractivity contribution in [3.8, 4) is 0 Å². The summed E-state index contributed by atoms with van der Waals surface area (Å²) in [6.07, 6.45) is 1.41. The van der Waals surface area contributed by atoms with Gasteiger partial charge in [0.1, 0.15) is 22.6 Å². The summed E-state index contributed by atoms with van der Waals surface area (Å²) in [4.78, 5) is 16.5. The number of ether oxygens (including phenoxy) is 3. The quantitative estimate of drug-likeness (QED) is 0.335. The smallest absolute Gasteiger partial charge is 0.339 e. The van der Waals surface area contributed by atoms with Gasteiger partial charge < -0.3 is 29.5 Å². The van der Waals surface area contributed by atoms with Crippen LogP contribution in [0.3, 0.4) is 0 Å². The number of nitrogens with zero attached hydrogens (tertiary/aromatic N) is 1. The predicted octanol–water partition coefficient (Wildman–Crippen LogP) is 2.97. The Morgan fingerprint density at radius 1 is 1.06 bits per heavy atom. The Kier molecular flexibility index (Phi) is 7.75. The van der Waals surface area contributed by atoms with Gasteiger partial charge in [-0.2, -0.15) is 0 Å². The molecular formula is C37H46FNO9S. The summed E-state index contributed by atoms with van der Waals surface area (Å²) in [6, 6.07) is 11.1. The van der Waals surface area contributed by atoms with Crippen LogP contribution < -0.4 is 0 Å². The van der Waals surface area contributed by atoms with Gasteiger partial charge in [-0.05, 0) is 68.0 Å². The fourth-order valence-corrected chi connectivity index (χ4v) is 14.0. The second-order valence-electron chi connectivity index (χ2n) is 15.5. The van der Waals surface area contributed by atoms with Crippen molar-refractivity contribution in [1.29, 1.82) is 0 Å². The van der Waals surface area contributed by atoms with E-state index in [4.69, 9.17) is 14.2 Å². The highest BCUT2D eigenvalue weighted by Gasteiger charge is 2.88. The van der Waals surface area contributed by atoms with Crippen molar-refractivity contribution >= 4 is 15.8 Å². The lowest BCUT2D eigenvalue weighted by Gasteiger charge is -2.71. The van der Waals surface area contributed by atoms with Crippen LogP contribution in [0.5, 0.6) is 0 Å². The number of esters is 1. The monoisotopic (exact) mass is 699 g/mol. The molecule has 2 aromatic carbocycles. The predicted molar refractivity (Wildman–Crippen MR) is 174 cm³/mol. The molecule has 0 aromatic heterocycles. The molecule has 3 unspecified atom stereocenters. The molecule has 49 heavy (non-hydrogen) atoms. The van der Waals surface area contributed by atoms with Gasteiger partial charge in [0, 0.05) is 68.9 Å². The number of aliphatic hydroxyl groups excluding tert-OH is 1. The van der Waals surface area contributed by atoms with E-state index in [-0.39, 0.29) is 64.9 Å². The van der Waals surface area contributed by atoms with Gasteiger partial charge in [-0.25, -0.2) is 17.6 Å². The number of sulfone groups is 1. The number of hydrogen-bond donors (Lipinski definition) is 3. The second kappa shape index (κ2) is 11.3. The number of methoxy groups -OCH3 is 2. The van der Waals surface area contributed by atoms with Crippen LogP contribution in [0.25, 0.3) is 0 Å². The summed E-state index contributed by atoms with van der Waals surface area (Å²) < 4.78 is 59.4. The van der Waals surface area contributed by atoms with E-state index in [0.717, 1.165) is 6.07 Å². The number of rotatable bonds is 9. The third-order valence-electron chi connectivity index (χ3n) is 14.1. The fraction of sp³-hybridized carbons (Fsp3) is 0.649. The van der Waals surface area contributed by atoms with E-state index >= 15 is 0 Å². The SMILES string of the molecule is CCN1C[C@]2(OC(=O)c3ccccc3CS(=O)(=O)c3cccc(F)c3)CC[C@H](CO)[C@]34C1[C@H](CC23)[C@@]1(O)C[C@H](OC)[C@H]2CC4[C@]1(O)[C@H]2OC. The molecule has 266 valence electrons. The number of benzene rings is 2. The molecule has 5 saturated carbocycles. The number of aliphatic hydroxyl groups is 3. The molecule has 1 heterocycles. The summed E-state index contributed by atoms with van der Waals surface area (Å²) in [7, 11) is -0.775. The van der Waals surface area contributed by atoms with Crippen LogP contribution in [0.15, 0.2) is 53.4 Å². The van der Waals surface area contributed by atoms with E-state index in [9.17, 15) is 32.9 Å². The maximum absolute atomic E-state index is 14.4. The van der Waals surface area contributed by atoms with Crippen molar-refractivity contribution in [3.05, 3.63) is 65.5 Å². The lowest BCUT2D eigenvalue weighted by Crippen LogP contribution is -2.82. The van der Waals surface area contributed by atoms with Gasteiger partial charge in [-0.3, -0.25) is 4.90 Å². The van der Waals surface area contributed by atoms with Crippen LogP contribution in [-0.4, -0.2) is 104 Å². The summed E-state index contributed by atoms with van der Waals surface area (Å²) in [5.74, 6) is -3.27. The third-order valence-corrected chi connectivity index (χ3v) is 15.8. The number of likely N-dealkylation sites (tertiary alicyclic amines) is 1. The largest absolute Gasteiger partial charge is 0.454 e. The van der Waals surface area contributed by atoms with Gasteiger partial charge in [0.25, 0.3) is 0 Å². The van der Waals surface area contributed by atoms with E-state index < -0.39 is 61.6 Å². The van der Waals surface area contributed by atoms with Crippen LogP contribution in [-0.2, 0) is 29.8 Å². The normalized spacial score (nSPS) is 43.4. The average molecular weight is 700 g/mol. The van der Waals surface area contributed by atoms with E-state index in [1.165, 1.54) is 18.2 Å². The Bertz CT molecular complexity index is 1780. The molecule has 5 aliphatic carbocycles. The topological polar surface area (TPSA) is 143 Å². The summed E-state index contributed by atoms with van der Waals surface area (Å²) in [5, 5.41) is 36.9. The van der Waals surface area contributed by atoms with Crippen molar-refractivity contribution in [3.63, 3.8) is 0 Å². The van der Waals surface area contributed by atoms with E-state index in [1.54, 1.807) is 38.5 Å². The van der Waals surface area contributed by atoms with Crippen molar-refractivity contribution in [2.24, 2.45) is 35.0 Å². The first-order valence-electron chi connectivity index (χ1n) is 17.5. The van der Waals surface area contributed by atoms with Gasteiger partial charge in [-0.15, -0.1) is 0 Å². The van der Waals surface area contributed by atoms with Gasteiger partial charge in [0.05, 0.1) is 28.4 Å². The molecule has 12 heteroatoms. The Hall–Kier alpha value is -2.45. The van der Waals surface area contributed by atoms with Gasteiger partial charge in [0.15, 0.2) is 9.84 Å². The number of fused-ring (bicyclic) bond motifs is 2. The number of piperidine rings is 1. The zero-order chi connectivity index (χ0) is 34.7. The van der Waals surface area contributed by atoms with E-state index in [2.05, 4.69) is 11.8 Å². The molecule has 6 aliphatic rings.